The molecule has 6 nitrogen and oxygen atoms in total. The van der Waals surface area contributed by atoms with Crippen molar-refractivity contribution in [2.75, 3.05) is 6.54 Å². The van der Waals surface area contributed by atoms with Crippen LogP contribution in [-0.2, 0) is 17.8 Å². The number of hydrogen-bond donors (Lipinski definition) is 0. The topological polar surface area (TPSA) is 68.1 Å². The first-order chi connectivity index (χ1) is 14.2. The molecule has 0 spiro atoms. The van der Waals surface area contributed by atoms with Crippen LogP contribution in [-0.4, -0.2) is 32.3 Å². The van der Waals surface area contributed by atoms with Gasteiger partial charge in [-0.25, -0.2) is 4.68 Å². The van der Waals surface area contributed by atoms with Gasteiger partial charge in [0.15, 0.2) is 0 Å². The van der Waals surface area contributed by atoms with E-state index >= 15 is 0 Å². The van der Waals surface area contributed by atoms with Crippen LogP contribution in [0.1, 0.15) is 27.8 Å². The highest BCUT2D eigenvalue weighted by molar-refractivity contribution is 7.10. The number of fused-ring (bicyclic) bond motifs is 2. The van der Waals surface area contributed by atoms with Crippen molar-refractivity contribution < 1.29 is 4.79 Å². The van der Waals surface area contributed by atoms with E-state index in [-0.39, 0.29) is 30.5 Å². The summed E-state index contributed by atoms with van der Waals surface area (Å²) < 4.78 is 1.29. The van der Waals surface area contributed by atoms with E-state index in [4.69, 9.17) is 0 Å². The predicted molar refractivity (Wildman–Crippen MR) is 114 cm³/mol. The Morgan fingerprint density at radius 3 is 2.86 bits per heavy atom. The van der Waals surface area contributed by atoms with E-state index in [9.17, 15) is 9.59 Å². The number of amides is 1. The molecule has 1 aliphatic rings. The van der Waals surface area contributed by atoms with Gasteiger partial charge in [-0.05, 0) is 47.0 Å². The van der Waals surface area contributed by atoms with Gasteiger partial charge in [0.25, 0.3) is 5.56 Å². The minimum atomic E-state index is -0.211. The molecule has 146 valence electrons. The molecule has 3 aromatic heterocycles. The van der Waals surface area contributed by atoms with E-state index < -0.39 is 0 Å². The lowest BCUT2D eigenvalue weighted by Gasteiger charge is -2.35. The molecule has 0 radical (unpaired) electrons. The van der Waals surface area contributed by atoms with Gasteiger partial charge >= 0.3 is 0 Å². The SMILES string of the molecule is O=C(CCn1nnc2ccccc2c1=O)N1CCc2sccc2C1c1cccs1. The lowest BCUT2D eigenvalue weighted by molar-refractivity contribution is -0.133. The summed E-state index contributed by atoms with van der Waals surface area (Å²) in [4.78, 5) is 30.3. The molecule has 29 heavy (non-hydrogen) atoms. The van der Waals surface area contributed by atoms with Crippen molar-refractivity contribution >= 4 is 39.5 Å². The fourth-order valence-electron chi connectivity index (χ4n) is 3.85. The largest absolute Gasteiger partial charge is 0.330 e. The number of carbonyl (C=O) groups is 1. The standard InChI is InChI=1S/C21H18N4O2S2/c26-19(8-11-25-21(27)14-4-1-2-5-16(14)22-23-25)24-10-7-17-15(9-13-29-17)20(24)18-6-3-12-28-18/h1-6,9,12-13,20H,7-8,10-11H2. The summed E-state index contributed by atoms with van der Waals surface area (Å²) in [6.45, 7) is 0.910. The Morgan fingerprint density at radius 1 is 1.10 bits per heavy atom. The number of benzene rings is 1. The van der Waals surface area contributed by atoms with Crippen LogP contribution < -0.4 is 5.56 Å². The summed E-state index contributed by atoms with van der Waals surface area (Å²) in [6.07, 6.45) is 1.09. The molecule has 1 aliphatic heterocycles. The van der Waals surface area contributed by atoms with Gasteiger partial charge in [-0.3, -0.25) is 9.59 Å². The average molecular weight is 423 g/mol. The summed E-state index contributed by atoms with van der Waals surface area (Å²) in [5, 5.41) is 12.8. The lowest BCUT2D eigenvalue weighted by Crippen LogP contribution is -2.40. The smallest absolute Gasteiger partial charge is 0.277 e. The fourth-order valence-corrected chi connectivity index (χ4v) is 5.61. The Balaban J connectivity index is 1.39. The van der Waals surface area contributed by atoms with Crippen LogP contribution in [0.25, 0.3) is 10.9 Å². The number of aromatic nitrogens is 3. The molecule has 4 aromatic rings. The number of nitrogens with zero attached hydrogens (tertiary/aromatic N) is 4. The fraction of sp³-hybridized carbons (Fsp3) is 0.238. The van der Waals surface area contributed by atoms with Crippen molar-refractivity contribution in [3.05, 3.63) is 78.9 Å². The third kappa shape index (κ3) is 3.28. The first-order valence-corrected chi connectivity index (χ1v) is 11.2. The summed E-state index contributed by atoms with van der Waals surface area (Å²) in [5.41, 5.74) is 1.58. The molecule has 0 fully saturated rings. The van der Waals surface area contributed by atoms with Gasteiger partial charge < -0.3 is 4.90 Å². The highest BCUT2D eigenvalue weighted by Gasteiger charge is 2.33. The first kappa shape index (κ1) is 18.2. The number of carbonyl (C=O) groups excluding carboxylic acids is 1. The zero-order chi connectivity index (χ0) is 19.8. The molecule has 1 unspecified atom stereocenters. The van der Waals surface area contributed by atoms with Crippen LogP contribution in [0, 0.1) is 0 Å². The molecule has 5 rings (SSSR count). The Hall–Kier alpha value is -2.84. The molecular weight excluding hydrogens is 404 g/mol. The number of thiophene rings is 2. The van der Waals surface area contributed by atoms with Crippen molar-refractivity contribution in [2.24, 2.45) is 0 Å². The van der Waals surface area contributed by atoms with E-state index in [1.807, 2.05) is 22.4 Å². The van der Waals surface area contributed by atoms with E-state index in [0.29, 0.717) is 17.4 Å². The molecule has 1 atom stereocenters. The molecule has 4 heterocycles. The number of rotatable bonds is 4. The van der Waals surface area contributed by atoms with Crippen molar-refractivity contribution in [2.45, 2.75) is 25.4 Å². The van der Waals surface area contributed by atoms with E-state index in [2.05, 4.69) is 27.8 Å². The monoisotopic (exact) mass is 422 g/mol. The van der Waals surface area contributed by atoms with Crippen molar-refractivity contribution in [1.29, 1.82) is 0 Å². The Kier molecular flexibility index (Phi) is 4.73. The van der Waals surface area contributed by atoms with Crippen LogP contribution in [0.15, 0.2) is 58.0 Å². The Morgan fingerprint density at radius 2 is 2.00 bits per heavy atom. The third-order valence-corrected chi connectivity index (χ3v) is 7.19. The van der Waals surface area contributed by atoms with Gasteiger partial charge in [-0.2, -0.15) is 0 Å². The van der Waals surface area contributed by atoms with Crippen molar-refractivity contribution in [3.8, 4) is 0 Å². The van der Waals surface area contributed by atoms with Gasteiger partial charge in [0.2, 0.25) is 5.91 Å². The van der Waals surface area contributed by atoms with Gasteiger partial charge in [0.1, 0.15) is 5.52 Å². The van der Waals surface area contributed by atoms with Gasteiger partial charge in [-0.15, -0.1) is 27.8 Å². The maximum absolute atomic E-state index is 13.2. The highest BCUT2D eigenvalue weighted by Crippen LogP contribution is 2.39. The van der Waals surface area contributed by atoms with E-state index in [0.717, 1.165) is 6.42 Å². The van der Waals surface area contributed by atoms with Gasteiger partial charge in [0.05, 0.1) is 18.0 Å². The lowest BCUT2D eigenvalue weighted by atomic mass is 9.98. The molecular formula is C21H18N4O2S2. The molecule has 1 amide bonds. The second kappa shape index (κ2) is 7.53. The summed E-state index contributed by atoms with van der Waals surface area (Å²) in [7, 11) is 0. The Bertz CT molecular complexity index is 1230. The molecule has 0 saturated heterocycles. The molecule has 0 aliphatic carbocycles. The molecule has 0 saturated carbocycles. The first-order valence-electron chi connectivity index (χ1n) is 9.44. The van der Waals surface area contributed by atoms with Crippen LogP contribution in [0.2, 0.25) is 0 Å². The highest BCUT2D eigenvalue weighted by atomic mass is 32.1. The summed E-state index contributed by atoms with van der Waals surface area (Å²) >= 11 is 3.43. The quantitative estimate of drug-likeness (QED) is 0.505. The van der Waals surface area contributed by atoms with Crippen LogP contribution in [0.4, 0.5) is 0 Å². The number of aryl methyl sites for hydroxylation is 1. The van der Waals surface area contributed by atoms with Crippen LogP contribution >= 0.6 is 22.7 Å². The zero-order valence-electron chi connectivity index (χ0n) is 15.5. The molecule has 1 aromatic carbocycles. The van der Waals surface area contributed by atoms with Crippen molar-refractivity contribution in [3.63, 3.8) is 0 Å². The predicted octanol–water partition coefficient (Wildman–Crippen LogP) is 3.48. The van der Waals surface area contributed by atoms with Crippen LogP contribution in [0.5, 0.6) is 0 Å². The van der Waals surface area contributed by atoms with Gasteiger partial charge in [0, 0.05) is 22.7 Å². The minimum Gasteiger partial charge on any atom is -0.330 e. The molecule has 0 N–H and O–H groups in total. The number of hydrogen-bond acceptors (Lipinski definition) is 6. The Labute approximate surface area is 175 Å². The molecule has 0 bridgehead atoms. The summed E-state index contributed by atoms with van der Waals surface area (Å²) in [6, 6.07) is 13.3. The maximum Gasteiger partial charge on any atom is 0.277 e. The third-order valence-electron chi connectivity index (χ3n) is 5.27. The van der Waals surface area contributed by atoms with E-state index in [1.54, 1.807) is 40.9 Å². The normalized spacial score (nSPS) is 16.1. The maximum atomic E-state index is 13.2. The second-order valence-corrected chi connectivity index (χ2v) is 8.92. The average Bonchev–Trinajstić information content (AvgIpc) is 3.44. The summed E-state index contributed by atoms with van der Waals surface area (Å²) in [5.74, 6) is 0.0297. The van der Waals surface area contributed by atoms with Crippen LogP contribution in [0.3, 0.4) is 0 Å². The minimum absolute atomic E-state index is 0.0297. The van der Waals surface area contributed by atoms with E-state index in [1.165, 1.54) is 20.0 Å². The zero-order valence-corrected chi connectivity index (χ0v) is 17.2. The van der Waals surface area contributed by atoms with Gasteiger partial charge in [-0.1, -0.05) is 23.4 Å². The van der Waals surface area contributed by atoms with Crippen molar-refractivity contribution in [1.82, 2.24) is 19.9 Å². The second-order valence-electron chi connectivity index (χ2n) is 6.94. The molecule has 8 heteroatoms.